The van der Waals surface area contributed by atoms with Gasteiger partial charge in [-0.1, -0.05) is 6.07 Å². The van der Waals surface area contributed by atoms with Crippen LogP contribution in [0.3, 0.4) is 0 Å². The maximum Gasteiger partial charge on any atom is 0.323 e. The van der Waals surface area contributed by atoms with E-state index in [1.165, 1.54) is 0 Å². The van der Waals surface area contributed by atoms with Crippen molar-refractivity contribution in [3.05, 3.63) is 30.1 Å². The van der Waals surface area contributed by atoms with Gasteiger partial charge in [0.25, 0.3) is 0 Å². The Morgan fingerprint density at radius 3 is 3.18 bits per heavy atom. The Labute approximate surface area is 100 Å². The van der Waals surface area contributed by atoms with Gasteiger partial charge in [-0.2, -0.15) is 0 Å². The first-order valence-corrected chi connectivity index (χ1v) is 5.66. The van der Waals surface area contributed by atoms with Gasteiger partial charge in [0.1, 0.15) is 6.04 Å². The van der Waals surface area contributed by atoms with Crippen molar-refractivity contribution in [3.63, 3.8) is 0 Å². The molecule has 0 aromatic carbocycles. The highest BCUT2D eigenvalue weighted by atomic mass is 16.5. The lowest BCUT2D eigenvalue weighted by atomic mass is 10.1. The normalized spacial score (nSPS) is 23.2. The standard InChI is InChI=1S/C12H16N2O3/c1-9(10-3-2-4-13-7-10)14-5-6-17-8-11(14)12(15)16/h2-4,7,9,11H,5-6,8H2,1H3,(H,15,16). The van der Waals surface area contributed by atoms with E-state index in [0.29, 0.717) is 13.2 Å². The zero-order valence-corrected chi connectivity index (χ0v) is 9.74. The van der Waals surface area contributed by atoms with Crippen LogP contribution in [0.25, 0.3) is 0 Å². The van der Waals surface area contributed by atoms with Crippen LogP contribution in [0.2, 0.25) is 0 Å². The Hall–Kier alpha value is -1.46. The first-order chi connectivity index (χ1) is 8.20. The summed E-state index contributed by atoms with van der Waals surface area (Å²) in [5.74, 6) is -0.833. The number of morpholine rings is 1. The van der Waals surface area contributed by atoms with Crippen LogP contribution in [0, 0.1) is 0 Å². The molecule has 0 spiro atoms. The first kappa shape index (κ1) is 12.0. The van der Waals surface area contributed by atoms with E-state index in [4.69, 9.17) is 9.84 Å². The predicted molar refractivity (Wildman–Crippen MR) is 61.6 cm³/mol. The van der Waals surface area contributed by atoms with Crippen molar-refractivity contribution in [3.8, 4) is 0 Å². The maximum absolute atomic E-state index is 11.2. The molecule has 0 bridgehead atoms. The van der Waals surface area contributed by atoms with Crippen LogP contribution in [0.5, 0.6) is 0 Å². The highest BCUT2D eigenvalue weighted by molar-refractivity contribution is 5.73. The number of nitrogens with zero attached hydrogens (tertiary/aromatic N) is 2. The fraction of sp³-hybridized carbons (Fsp3) is 0.500. The van der Waals surface area contributed by atoms with Crippen molar-refractivity contribution >= 4 is 5.97 Å². The van der Waals surface area contributed by atoms with Crippen molar-refractivity contribution in [2.24, 2.45) is 0 Å². The zero-order valence-electron chi connectivity index (χ0n) is 9.74. The number of carbonyl (C=O) groups is 1. The fourth-order valence-corrected chi connectivity index (χ4v) is 2.11. The van der Waals surface area contributed by atoms with Crippen molar-refractivity contribution in [1.29, 1.82) is 0 Å². The summed E-state index contributed by atoms with van der Waals surface area (Å²) < 4.78 is 5.22. The number of aromatic nitrogens is 1. The van der Waals surface area contributed by atoms with Gasteiger partial charge in [-0.05, 0) is 18.6 Å². The minimum atomic E-state index is -0.833. The molecule has 5 heteroatoms. The second kappa shape index (κ2) is 5.25. The van der Waals surface area contributed by atoms with E-state index in [9.17, 15) is 4.79 Å². The summed E-state index contributed by atoms with van der Waals surface area (Å²) in [6, 6.07) is 3.29. The van der Waals surface area contributed by atoms with Crippen LogP contribution in [0.4, 0.5) is 0 Å². The number of hydrogen-bond donors (Lipinski definition) is 1. The molecule has 17 heavy (non-hydrogen) atoms. The lowest BCUT2D eigenvalue weighted by Crippen LogP contribution is -2.50. The van der Waals surface area contributed by atoms with E-state index in [0.717, 1.165) is 5.56 Å². The lowest BCUT2D eigenvalue weighted by Gasteiger charge is -2.37. The van der Waals surface area contributed by atoms with E-state index in [2.05, 4.69) is 4.98 Å². The number of aliphatic carboxylic acids is 1. The lowest BCUT2D eigenvalue weighted by molar-refractivity contribution is -0.151. The number of carboxylic acids is 1. The number of rotatable bonds is 3. The van der Waals surface area contributed by atoms with Crippen LogP contribution >= 0.6 is 0 Å². The van der Waals surface area contributed by atoms with Crippen molar-refractivity contribution < 1.29 is 14.6 Å². The van der Waals surface area contributed by atoms with E-state index in [1.54, 1.807) is 12.4 Å². The third-order valence-corrected chi connectivity index (χ3v) is 3.12. The Bertz CT molecular complexity index is 383. The van der Waals surface area contributed by atoms with Crippen LogP contribution < -0.4 is 0 Å². The number of carboxylic acid groups (broad SMARTS) is 1. The summed E-state index contributed by atoms with van der Waals surface area (Å²) in [4.78, 5) is 17.2. The molecular formula is C12H16N2O3. The van der Waals surface area contributed by atoms with Crippen LogP contribution in [0.1, 0.15) is 18.5 Å². The van der Waals surface area contributed by atoms with Gasteiger partial charge in [0.2, 0.25) is 0 Å². The van der Waals surface area contributed by atoms with Crippen molar-refractivity contribution in [2.75, 3.05) is 19.8 Å². The number of pyridine rings is 1. The summed E-state index contributed by atoms with van der Waals surface area (Å²) >= 11 is 0. The summed E-state index contributed by atoms with van der Waals surface area (Å²) in [7, 11) is 0. The molecule has 1 N–H and O–H groups in total. The van der Waals surface area contributed by atoms with E-state index in [-0.39, 0.29) is 12.6 Å². The highest BCUT2D eigenvalue weighted by Crippen LogP contribution is 2.23. The molecule has 2 atom stereocenters. The molecule has 1 saturated heterocycles. The minimum Gasteiger partial charge on any atom is -0.480 e. The summed E-state index contributed by atoms with van der Waals surface area (Å²) in [5, 5.41) is 9.17. The van der Waals surface area contributed by atoms with Gasteiger partial charge >= 0.3 is 5.97 Å². The molecule has 1 aliphatic heterocycles. The Kier molecular flexibility index (Phi) is 3.71. The third kappa shape index (κ3) is 2.62. The Balaban J connectivity index is 2.16. The molecule has 92 valence electrons. The molecule has 1 aromatic heterocycles. The summed E-state index contributed by atoms with van der Waals surface area (Å²) in [5.41, 5.74) is 1.03. The molecule has 2 unspecified atom stereocenters. The second-order valence-corrected chi connectivity index (χ2v) is 4.13. The quantitative estimate of drug-likeness (QED) is 0.845. The van der Waals surface area contributed by atoms with Gasteiger partial charge in [-0.3, -0.25) is 14.7 Å². The van der Waals surface area contributed by atoms with Crippen molar-refractivity contribution in [1.82, 2.24) is 9.88 Å². The molecular weight excluding hydrogens is 220 g/mol. The molecule has 0 radical (unpaired) electrons. The summed E-state index contributed by atoms with van der Waals surface area (Å²) in [6.07, 6.45) is 3.49. The minimum absolute atomic E-state index is 0.0358. The number of ether oxygens (including phenoxy) is 1. The maximum atomic E-state index is 11.2. The van der Waals surface area contributed by atoms with Crippen molar-refractivity contribution in [2.45, 2.75) is 19.0 Å². The molecule has 0 aliphatic carbocycles. The monoisotopic (exact) mass is 236 g/mol. The molecule has 1 fully saturated rings. The molecule has 5 nitrogen and oxygen atoms in total. The largest absolute Gasteiger partial charge is 0.480 e. The van der Waals surface area contributed by atoms with Crippen LogP contribution in [-0.4, -0.2) is 46.8 Å². The Morgan fingerprint density at radius 1 is 1.71 bits per heavy atom. The Morgan fingerprint density at radius 2 is 2.53 bits per heavy atom. The molecule has 1 aliphatic rings. The highest BCUT2D eigenvalue weighted by Gasteiger charge is 2.32. The van der Waals surface area contributed by atoms with Gasteiger partial charge in [0, 0.05) is 25.0 Å². The molecule has 0 saturated carbocycles. The van der Waals surface area contributed by atoms with E-state index < -0.39 is 12.0 Å². The topological polar surface area (TPSA) is 62.7 Å². The van der Waals surface area contributed by atoms with Gasteiger partial charge in [0.15, 0.2) is 0 Å². The van der Waals surface area contributed by atoms with Crippen LogP contribution in [0.15, 0.2) is 24.5 Å². The second-order valence-electron chi connectivity index (χ2n) is 4.13. The van der Waals surface area contributed by atoms with Gasteiger partial charge in [-0.15, -0.1) is 0 Å². The summed E-state index contributed by atoms with van der Waals surface area (Å²) in [6.45, 7) is 3.46. The molecule has 0 amide bonds. The first-order valence-electron chi connectivity index (χ1n) is 5.66. The van der Waals surface area contributed by atoms with Gasteiger partial charge in [0.05, 0.1) is 13.2 Å². The molecule has 1 aromatic rings. The zero-order chi connectivity index (χ0) is 12.3. The SMILES string of the molecule is CC(c1cccnc1)N1CCOCC1C(=O)O. The van der Waals surface area contributed by atoms with E-state index in [1.807, 2.05) is 24.0 Å². The predicted octanol–water partition coefficient (Wildman–Crippen LogP) is 0.928. The van der Waals surface area contributed by atoms with Gasteiger partial charge in [-0.25, -0.2) is 0 Å². The van der Waals surface area contributed by atoms with E-state index >= 15 is 0 Å². The number of hydrogen-bond acceptors (Lipinski definition) is 4. The average Bonchev–Trinajstić information content (AvgIpc) is 2.39. The molecule has 2 heterocycles. The fourth-order valence-electron chi connectivity index (χ4n) is 2.11. The van der Waals surface area contributed by atoms with Crippen LogP contribution in [-0.2, 0) is 9.53 Å². The molecule has 2 rings (SSSR count). The third-order valence-electron chi connectivity index (χ3n) is 3.12. The smallest absolute Gasteiger partial charge is 0.323 e. The average molecular weight is 236 g/mol. The van der Waals surface area contributed by atoms with Gasteiger partial charge < -0.3 is 9.84 Å².